The Hall–Kier alpha value is -2.29. The molecule has 1 unspecified atom stereocenters. The largest absolute Gasteiger partial charge is 0.496 e. The van der Waals surface area contributed by atoms with E-state index in [1.54, 1.807) is 7.11 Å². The zero-order chi connectivity index (χ0) is 15.2. The Bertz CT molecular complexity index is 602. The Morgan fingerprint density at radius 1 is 1.10 bits per heavy atom. The van der Waals surface area contributed by atoms with E-state index in [1.807, 2.05) is 62.4 Å². The molecule has 2 aromatic carbocycles. The highest BCUT2D eigenvalue weighted by atomic mass is 16.5. The molecule has 2 rings (SSSR count). The molecule has 0 spiro atoms. The lowest BCUT2D eigenvalue weighted by molar-refractivity contribution is -0.144. The van der Waals surface area contributed by atoms with Crippen molar-refractivity contribution in [2.24, 2.45) is 0 Å². The summed E-state index contributed by atoms with van der Waals surface area (Å²) in [6.07, 6.45) is 0. The number of para-hydroxylation sites is 1. The van der Waals surface area contributed by atoms with Crippen molar-refractivity contribution in [1.82, 2.24) is 0 Å². The number of hydrogen-bond donors (Lipinski definition) is 0. The van der Waals surface area contributed by atoms with Gasteiger partial charge in [-0.2, -0.15) is 0 Å². The van der Waals surface area contributed by atoms with Crippen molar-refractivity contribution in [1.29, 1.82) is 0 Å². The summed E-state index contributed by atoms with van der Waals surface area (Å²) in [4.78, 5) is 11.8. The van der Waals surface area contributed by atoms with Crippen molar-refractivity contribution < 1.29 is 14.3 Å². The van der Waals surface area contributed by atoms with E-state index in [4.69, 9.17) is 9.47 Å². The average molecular weight is 284 g/mol. The van der Waals surface area contributed by atoms with Gasteiger partial charge in [-0.3, -0.25) is 4.79 Å². The van der Waals surface area contributed by atoms with Gasteiger partial charge in [0.15, 0.2) is 0 Å². The first-order valence-electron chi connectivity index (χ1n) is 7.07. The predicted molar refractivity (Wildman–Crippen MR) is 83.5 cm³/mol. The van der Waals surface area contributed by atoms with E-state index in [2.05, 4.69) is 0 Å². The lowest BCUT2D eigenvalue weighted by Gasteiger charge is -2.12. The topological polar surface area (TPSA) is 35.5 Å². The van der Waals surface area contributed by atoms with E-state index in [0.717, 1.165) is 22.4 Å². The lowest BCUT2D eigenvalue weighted by Crippen LogP contribution is -2.12. The molecule has 0 N–H and O–H groups in total. The smallest absolute Gasteiger partial charge is 0.313 e. The summed E-state index contributed by atoms with van der Waals surface area (Å²) < 4.78 is 10.4. The van der Waals surface area contributed by atoms with Gasteiger partial charge in [0, 0.05) is 5.56 Å². The van der Waals surface area contributed by atoms with Crippen molar-refractivity contribution in [3.8, 4) is 16.9 Å². The molecule has 0 saturated heterocycles. The predicted octanol–water partition coefficient (Wildman–Crippen LogP) is 4.03. The third-order valence-electron chi connectivity index (χ3n) is 3.47. The second-order valence-electron chi connectivity index (χ2n) is 4.80. The van der Waals surface area contributed by atoms with Crippen LogP contribution in [-0.4, -0.2) is 19.7 Å². The van der Waals surface area contributed by atoms with Crippen LogP contribution >= 0.6 is 0 Å². The first kappa shape index (κ1) is 15.1. The van der Waals surface area contributed by atoms with Gasteiger partial charge in [-0.05, 0) is 31.0 Å². The van der Waals surface area contributed by atoms with E-state index >= 15 is 0 Å². The van der Waals surface area contributed by atoms with E-state index in [1.165, 1.54) is 0 Å². The zero-order valence-electron chi connectivity index (χ0n) is 12.6. The number of benzene rings is 2. The molecule has 0 bridgehead atoms. The summed E-state index contributed by atoms with van der Waals surface area (Å²) in [7, 11) is 1.66. The van der Waals surface area contributed by atoms with E-state index in [9.17, 15) is 4.79 Å². The van der Waals surface area contributed by atoms with Crippen molar-refractivity contribution in [2.45, 2.75) is 19.8 Å². The van der Waals surface area contributed by atoms with E-state index in [-0.39, 0.29) is 11.9 Å². The summed E-state index contributed by atoms with van der Waals surface area (Å²) in [5, 5.41) is 0. The molecular formula is C18H20O3. The summed E-state index contributed by atoms with van der Waals surface area (Å²) >= 11 is 0. The third kappa shape index (κ3) is 3.43. The third-order valence-corrected chi connectivity index (χ3v) is 3.47. The fraction of sp³-hybridized carbons (Fsp3) is 0.278. The van der Waals surface area contributed by atoms with Crippen LogP contribution in [0.25, 0.3) is 11.1 Å². The van der Waals surface area contributed by atoms with Gasteiger partial charge in [0.05, 0.1) is 19.6 Å². The van der Waals surface area contributed by atoms with Crippen LogP contribution in [0, 0.1) is 0 Å². The maximum absolute atomic E-state index is 11.8. The number of hydrogen-bond acceptors (Lipinski definition) is 3. The molecule has 1 atom stereocenters. The van der Waals surface area contributed by atoms with Crippen LogP contribution in [0.4, 0.5) is 0 Å². The molecule has 0 amide bonds. The Kier molecular flexibility index (Phi) is 4.99. The Balaban J connectivity index is 2.25. The van der Waals surface area contributed by atoms with Crippen molar-refractivity contribution in [2.75, 3.05) is 13.7 Å². The number of methoxy groups -OCH3 is 1. The van der Waals surface area contributed by atoms with Gasteiger partial charge >= 0.3 is 5.97 Å². The molecule has 3 heteroatoms. The minimum Gasteiger partial charge on any atom is -0.496 e. The highest BCUT2D eigenvalue weighted by molar-refractivity contribution is 5.78. The number of carbonyl (C=O) groups is 1. The van der Waals surface area contributed by atoms with E-state index < -0.39 is 0 Å². The average Bonchev–Trinajstić information content (AvgIpc) is 2.54. The fourth-order valence-electron chi connectivity index (χ4n) is 2.24. The molecule has 3 nitrogen and oxygen atoms in total. The molecule has 0 heterocycles. The Labute approximate surface area is 125 Å². The van der Waals surface area contributed by atoms with Gasteiger partial charge in [-0.15, -0.1) is 0 Å². The second-order valence-corrected chi connectivity index (χ2v) is 4.80. The standard InChI is InChI=1S/C18H20O3/c1-4-21-18(19)13(2)14-9-11-15(12-10-14)16-7-5-6-8-17(16)20-3/h5-13H,4H2,1-3H3. The van der Waals surface area contributed by atoms with Crippen LogP contribution in [0.5, 0.6) is 5.75 Å². The molecule has 0 fully saturated rings. The van der Waals surface area contributed by atoms with Crippen LogP contribution in [-0.2, 0) is 9.53 Å². The molecule has 110 valence electrons. The molecule has 0 aromatic heterocycles. The Morgan fingerprint density at radius 3 is 2.38 bits per heavy atom. The molecule has 0 aliphatic heterocycles. The zero-order valence-corrected chi connectivity index (χ0v) is 12.6. The van der Waals surface area contributed by atoms with E-state index in [0.29, 0.717) is 6.61 Å². The summed E-state index contributed by atoms with van der Waals surface area (Å²) in [6, 6.07) is 15.8. The maximum atomic E-state index is 11.8. The van der Waals surface area contributed by atoms with Crippen LogP contribution < -0.4 is 4.74 Å². The first-order chi connectivity index (χ1) is 10.2. The van der Waals surface area contributed by atoms with Crippen molar-refractivity contribution in [3.05, 3.63) is 54.1 Å². The fourth-order valence-corrected chi connectivity index (χ4v) is 2.24. The molecule has 2 aromatic rings. The number of ether oxygens (including phenoxy) is 2. The minimum absolute atomic E-state index is 0.192. The maximum Gasteiger partial charge on any atom is 0.313 e. The van der Waals surface area contributed by atoms with Gasteiger partial charge in [0.1, 0.15) is 5.75 Å². The molecule has 0 radical (unpaired) electrons. The normalized spacial score (nSPS) is 11.8. The van der Waals surface area contributed by atoms with Crippen LogP contribution in [0.1, 0.15) is 25.3 Å². The van der Waals surface area contributed by atoms with Crippen molar-refractivity contribution >= 4 is 5.97 Å². The monoisotopic (exact) mass is 284 g/mol. The SMILES string of the molecule is CCOC(=O)C(C)c1ccc(-c2ccccc2OC)cc1. The molecule has 21 heavy (non-hydrogen) atoms. The van der Waals surface area contributed by atoms with Crippen LogP contribution in [0.15, 0.2) is 48.5 Å². The van der Waals surface area contributed by atoms with Crippen molar-refractivity contribution in [3.63, 3.8) is 0 Å². The van der Waals surface area contributed by atoms with Gasteiger partial charge < -0.3 is 9.47 Å². The van der Waals surface area contributed by atoms with Crippen LogP contribution in [0.3, 0.4) is 0 Å². The summed E-state index contributed by atoms with van der Waals surface area (Å²) in [6.45, 7) is 4.08. The Morgan fingerprint density at radius 2 is 1.76 bits per heavy atom. The van der Waals surface area contributed by atoms with Gasteiger partial charge in [0.25, 0.3) is 0 Å². The van der Waals surface area contributed by atoms with Gasteiger partial charge in [0.2, 0.25) is 0 Å². The summed E-state index contributed by atoms with van der Waals surface area (Å²) in [5.41, 5.74) is 3.05. The molecular weight excluding hydrogens is 264 g/mol. The molecule has 0 aliphatic carbocycles. The molecule has 0 saturated carbocycles. The highest BCUT2D eigenvalue weighted by Gasteiger charge is 2.16. The number of carbonyl (C=O) groups excluding carboxylic acids is 1. The quantitative estimate of drug-likeness (QED) is 0.778. The highest BCUT2D eigenvalue weighted by Crippen LogP contribution is 2.30. The van der Waals surface area contributed by atoms with Gasteiger partial charge in [-0.1, -0.05) is 42.5 Å². The number of rotatable bonds is 5. The van der Waals surface area contributed by atoms with Crippen LogP contribution in [0.2, 0.25) is 0 Å². The van der Waals surface area contributed by atoms with Gasteiger partial charge in [-0.25, -0.2) is 0 Å². The number of esters is 1. The molecule has 0 aliphatic rings. The summed E-state index contributed by atoms with van der Waals surface area (Å²) in [5.74, 6) is 0.392. The second kappa shape index (κ2) is 6.93. The first-order valence-corrected chi connectivity index (χ1v) is 7.07. The minimum atomic E-state index is -0.253. The lowest BCUT2D eigenvalue weighted by atomic mass is 9.97.